The van der Waals surface area contributed by atoms with Gasteiger partial charge in [-0.1, -0.05) is 55.1 Å². The number of nitrogens with zero attached hydrogens (tertiary/aromatic N) is 2. The van der Waals surface area contributed by atoms with Gasteiger partial charge in [0, 0.05) is 31.1 Å². The standard InChI is InChI=1S/C22H23N3/c1-16(19-8-5-9-20(18-10-11-18)21(19)14-23)22-24-12-13-25(22)15-17-6-3-2-4-7-17/h2-9,12-13,18H,1,10-11,14-15,23H2. The Bertz CT molecular complexity index is 889. The molecule has 0 saturated heterocycles. The highest BCUT2D eigenvalue weighted by molar-refractivity contribution is 5.77. The summed E-state index contributed by atoms with van der Waals surface area (Å²) in [5, 5.41) is 0. The Balaban J connectivity index is 1.69. The molecule has 1 fully saturated rings. The average Bonchev–Trinajstić information content (AvgIpc) is 3.40. The van der Waals surface area contributed by atoms with Crippen LogP contribution in [0.2, 0.25) is 0 Å². The molecular weight excluding hydrogens is 306 g/mol. The molecule has 0 aliphatic heterocycles. The maximum atomic E-state index is 6.10. The van der Waals surface area contributed by atoms with Crippen LogP contribution in [0.4, 0.5) is 0 Å². The van der Waals surface area contributed by atoms with E-state index in [9.17, 15) is 0 Å². The fourth-order valence-corrected chi connectivity index (χ4v) is 3.50. The van der Waals surface area contributed by atoms with Gasteiger partial charge in [0.05, 0.1) is 0 Å². The zero-order valence-electron chi connectivity index (χ0n) is 14.4. The Morgan fingerprint density at radius 3 is 2.64 bits per heavy atom. The van der Waals surface area contributed by atoms with Crippen LogP contribution in [-0.2, 0) is 13.1 Å². The number of hydrogen-bond acceptors (Lipinski definition) is 2. The first-order valence-corrected chi connectivity index (χ1v) is 8.84. The van der Waals surface area contributed by atoms with E-state index in [1.54, 1.807) is 0 Å². The number of imidazole rings is 1. The minimum absolute atomic E-state index is 0.542. The molecule has 1 saturated carbocycles. The summed E-state index contributed by atoms with van der Waals surface area (Å²) in [6, 6.07) is 16.9. The second-order valence-corrected chi connectivity index (χ2v) is 6.69. The number of nitrogens with two attached hydrogens (primary N) is 1. The lowest BCUT2D eigenvalue weighted by atomic mass is 9.93. The summed E-state index contributed by atoms with van der Waals surface area (Å²) in [5.41, 5.74) is 12.0. The smallest absolute Gasteiger partial charge is 0.140 e. The number of rotatable bonds is 6. The highest BCUT2D eigenvalue weighted by Crippen LogP contribution is 2.43. The first-order valence-electron chi connectivity index (χ1n) is 8.84. The van der Waals surface area contributed by atoms with E-state index < -0.39 is 0 Å². The first kappa shape index (κ1) is 15.9. The molecule has 0 radical (unpaired) electrons. The molecule has 4 rings (SSSR count). The van der Waals surface area contributed by atoms with Crippen LogP contribution >= 0.6 is 0 Å². The summed E-state index contributed by atoms with van der Waals surface area (Å²) < 4.78 is 2.15. The lowest BCUT2D eigenvalue weighted by Gasteiger charge is -2.16. The molecular formula is C22H23N3. The van der Waals surface area contributed by atoms with Crippen molar-refractivity contribution < 1.29 is 0 Å². The summed E-state index contributed by atoms with van der Waals surface area (Å²) in [6.45, 7) is 5.69. The average molecular weight is 329 g/mol. The van der Waals surface area contributed by atoms with Gasteiger partial charge in [-0.15, -0.1) is 0 Å². The van der Waals surface area contributed by atoms with E-state index in [-0.39, 0.29) is 0 Å². The van der Waals surface area contributed by atoms with Crippen molar-refractivity contribution in [2.75, 3.05) is 0 Å². The number of aromatic nitrogens is 2. The lowest BCUT2D eigenvalue weighted by Crippen LogP contribution is -2.09. The molecule has 2 aromatic carbocycles. The minimum Gasteiger partial charge on any atom is -0.327 e. The highest BCUT2D eigenvalue weighted by atomic mass is 15.1. The Hall–Kier alpha value is -2.65. The molecule has 1 aliphatic rings. The summed E-state index contributed by atoms with van der Waals surface area (Å²) in [6.07, 6.45) is 6.40. The van der Waals surface area contributed by atoms with E-state index in [1.807, 2.05) is 18.5 Å². The van der Waals surface area contributed by atoms with Crippen LogP contribution in [0.1, 0.15) is 46.8 Å². The largest absolute Gasteiger partial charge is 0.327 e. The Morgan fingerprint density at radius 2 is 1.92 bits per heavy atom. The molecule has 1 aliphatic carbocycles. The second kappa shape index (κ2) is 6.69. The Kier molecular flexibility index (Phi) is 4.24. The van der Waals surface area contributed by atoms with Crippen molar-refractivity contribution in [3.05, 3.63) is 95.6 Å². The first-order chi connectivity index (χ1) is 12.3. The third-order valence-electron chi connectivity index (χ3n) is 4.94. The molecule has 3 nitrogen and oxygen atoms in total. The van der Waals surface area contributed by atoms with E-state index >= 15 is 0 Å². The van der Waals surface area contributed by atoms with Gasteiger partial charge in [0.2, 0.25) is 0 Å². The monoisotopic (exact) mass is 329 g/mol. The zero-order chi connectivity index (χ0) is 17.2. The van der Waals surface area contributed by atoms with Gasteiger partial charge in [-0.05, 0) is 41.0 Å². The second-order valence-electron chi connectivity index (χ2n) is 6.69. The minimum atomic E-state index is 0.542. The summed E-state index contributed by atoms with van der Waals surface area (Å²) in [5.74, 6) is 1.59. The molecule has 1 aromatic heterocycles. The third kappa shape index (κ3) is 3.15. The van der Waals surface area contributed by atoms with Crippen LogP contribution < -0.4 is 5.73 Å². The third-order valence-corrected chi connectivity index (χ3v) is 4.94. The van der Waals surface area contributed by atoms with Gasteiger partial charge >= 0.3 is 0 Å². The Morgan fingerprint density at radius 1 is 1.12 bits per heavy atom. The fourth-order valence-electron chi connectivity index (χ4n) is 3.50. The highest BCUT2D eigenvalue weighted by Gasteiger charge is 2.27. The van der Waals surface area contributed by atoms with Gasteiger partial charge in [-0.2, -0.15) is 0 Å². The van der Waals surface area contributed by atoms with Crippen molar-refractivity contribution in [2.45, 2.75) is 31.8 Å². The molecule has 25 heavy (non-hydrogen) atoms. The lowest BCUT2D eigenvalue weighted by molar-refractivity contribution is 0.783. The van der Waals surface area contributed by atoms with Crippen LogP contribution in [0.15, 0.2) is 67.5 Å². The predicted molar refractivity (Wildman–Crippen MR) is 102 cm³/mol. The van der Waals surface area contributed by atoms with Crippen LogP contribution in [0.3, 0.4) is 0 Å². The zero-order valence-corrected chi connectivity index (χ0v) is 14.4. The van der Waals surface area contributed by atoms with Crippen molar-refractivity contribution in [1.82, 2.24) is 9.55 Å². The Labute approximate surface area is 148 Å². The van der Waals surface area contributed by atoms with Gasteiger partial charge in [0.25, 0.3) is 0 Å². The molecule has 126 valence electrons. The molecule has 0 spiro atoms. The maximum absolute atomic E-state index is 6.10. The molecule has 3 heteroatoms. The van der Waals surface area contributed by atoms with Crippen LogP contribution in [0.5, 0.6) is 0 Å². The van der Waals surface area contributed by atoms with E-state index in [0.29, 0.717) is 12.5 Å². The summed E-state index contributed by atoms with van der Waals surface area (Å²) >= 11 is 0. The molecule has 0 atom stereocenters. The molecule has 0 bridgehead atoms. The van der Waals surface area contributed by atoms with Gasteiger partial charge < -0.3 is 10.3 Å². The molecule has 0 unspecified atom stereocenters. The van der Waals surface area contributed by atoms with E-state index in [1.165, 1.54) is 29.5 Å². The SMILES string of the molecule is C=C(c1cccc(C2CC2)c1CN)c1nccn1Cc1ccccc1. The fraction of sp³-hybridized carbons (Fsp3) is 0.227. The number of benzene rings is 2. The van der Waals surface area contributed by atoms with E-state index in [0.717, 1.165) is 23.5 Å². The van der Waals surface area contributed by atoms with Gasteiger partial charge in [0.15, 0.2) is 0 Å². The van der Waals surface area contributed by atoms with Crippen molar-refractivity contribution in [3.8, 4) is 0 Å². The van der Waals surface area contributed by atoms with Gasteiger partial charge in [0.1, 0.15) is 5.82 Å². The molecule has 0 amide bonds. The number of hydrogen-bond donors (Lipinski definition) is 1. The summed E-state index contributed by atoms with van der Waals surface area (Å²) in [4.78, 5) is 4.58. The summed E-state index contributed by atoms with van der Waals surface area (Å²) in [7, 11) is 0. The van der Waals surface area contributed by atoms with Crippen molar-refractivity contribution in [2.24, 2.45) is 5.73 Å². The molecule has 1 heterocycles. The maximum Gasteiger partial charge on any atom is 0.140 e. The van der Waals surface area contributed by atoms with Crippen LogP contribution in [0.25, 0.3) is 5.57 Å². The van der Waals surface area contributed by atoms with Crippen molar-refractivity contribution in [1.29, 1.82) is 0 Å². The quantitative estimate of drug-likeness (QED) is 0.731. The van der Waals surface area contributed by atoms with Gasteiger partial charge in [-0.25, -0.2) is 4.98 Å². The van der Waals surface area contributed by atoms with Crippen molar-refractivity contribution >= 4 is 5.57 Å². The van der Waals surface area contributed by atoms with E-state index in [2.05, 4.69) is 58.6 Å². The van der Waals surface area contributed by atoms with Crippen LogP contribution in [0, 0.1) is 0 Å². The molecule has 2 N–H and O–H groups in total. The van der Waals surface area contributed by atoms with Gasteiger partial charge in [-0.3, -0.25) is 0 Å². The van der Waals surface area contributed by atoms with E-state index in [4.69, 9.17) is 5.73 Å². The van der Waals surface area contributed by atoms with Crippen LogP contribution in [-0.4, -0.2) is 9.55 Å². The topological polar surface area (TPSA) is 43.8 Å². The predicted octanol–water partition coefficient (Wildman–Crippen LogP) is 4.33. The van der Waals surface area contributed by atoms with Crippen molar-refractivity contribution in [3.63, 3.8) is 0 Å². The normalized spacial score (nSPS) is 13.8. The molecule has 3 aromatic rings.